The number of carbonyl (C=O) groups is 3. The van der Waals surface area contributed by atoms with E-state index >= 15 is 0 Å². The first-order valence-electron chi connectivity index (χ1n) is 7.12. The number of nitrogens with one attached hydrogen (secondary N) is 1. The summed E-state index contributed by atoms with van der Waals surface area (Å²) >= 11 is 3.49. The van der Waals surface area contributed by atoms with Gasteiger partial charge in [-0.3, -0.25) is 19.8 Å². The van der Waals surface area contributed by atoms with Gasteiger partial charge >= 0.3 is 6.09 Å². The average Bonchev–Trinajstić information content (AvgIpc) is 2.52. The summed E-state index contributed by atoms with van der Waals surface area (Å²) in [5.74, 6) is -0.334. The number of nitrogens with zero attached hydrogens (tertiary/aromatic N) is 1. The van der Waals surface area contributed by atoms with Gasteiger partial charge in [-0.25, -0.2) is 4.79 Å². The molecule has 2 aliphatic rings. The van der Waals surface area contributed by atoms with E-state index in [1.807, 2.05) is 18.2 Å². The fourth-order valence-corrected chi connectivity index (χ4v) is 3.53. The first kappa shape index (κ1) is 14.2. The molecule has 1 saturated heterocycles. The molecule has 2 aromatic carbocycles. The number of imide groups is 1. The first-order chi connectivity index (χ1) is 11.1. The molecule has 116 valence electrons. The first-order valence-corrected chi connectivity index (χ1v) is 7.91. The van der Waals surface area contributed by atoms with Crippen molar-refractivity contribution in [2.45, 2.75) is 18.9 Å². The van der Waals surface area contributed by atoms with Crippen molar-refractivity contribution in [1.29, 1.82) is 0 Å². The Hall–Kier alpha value is -2.41. The van der Waals surface area contributed by atoms with Crippen LogP contribution in [0.3, 0.4) is 0 Å². The molecule has 4 rings (SSSR count). The minimum atomic E-state index is -0.752. The van der Waals surface area contributed by atoms with Crippen molar-refractivity contribution in [1.82, 2.24) is 5.32 Å². The lowest BCUT2D eigenvalue weighted by Gasteiger charge is -2.35. The van der Waals surface area contributed by atoms with Crippen LogP contribution < -0.4 is 15.0 Å². The number of hydrogen-bond acceptors (Lipinski definition) is 4. The molecule has 1 unspecified atom stereocenters. The smallest absolute Gasteiger partial charge is 0.409 e. The van der Waals surface area contributed by atoms with E-state index in [-0.39, 0.29) is 18.7 Å². The van der Waals surface area contributed by atoms with Crippen molar-refractivity contribution >= 4 is 50.3 Å². The van der Waals surface area contributed by atoms with E-state index in [1.165, 1.54) is 4.90 Å². The summed E-state index contributed by atoms with van der Waals surface area (Å²) in [5, 5.41) is 3.94. The molecule has 0 bridgehead atoms. The van der Waals surface area contributed by atoms with Crippen LogP contribution in [-0.4, -0.2) is 23.9 Å². The van der Waals surface area contributed by atoms with E-state index in [0.29, 0.717) is 11.4 Å². The summed E-state index contributed by atoms with van der Waals surface area (Å²) in [7, 11) is 0. The fourth-order valence-electron chi connectivity index (χ4n) is 3.07. The van der Waals surface area contributed by atoms with Crippen LogP contribution in [0, 0.1) is 0 Å². The molecular formula is C16H11BrN2O4. The molecule has 3 amide bonds. The number of rotatable bonds is 1. The molecule has 1 fully saturated rings. The maximum absolute atomic E-state index is 12.4. The highest BCUT2D eigenvalue weighted by Crippen LogP contribution is 2.42. The number of halogens is 1. The highest BCUT2D eigenvalue weighted by atomic mass is 79.9. The van der Waals surface area contributed by atoms with Crippen molar-refractivity contribution in [3.05, 3.63) is 34.8 Å². The number of carbonyl (C=O) groups excluding carboxylic acids is 3. The second kappa shape index (κ2) is 5.06. The van der Waals surface area contributed by atoms with Crippen LogP contribution >= 0.6 is 15.9 Å². The van der Waals surface area contributed by atoms with Crippen LogP contribution in [0.4, 0.5) is 10.5 Å². The predicted molar refractivity (Wildman–Crippen MR) is 86.3 cm³/mol. The van der Waals surface area contributed by atoms with Gasteiger partial charge in [0.15, 0.2) is 0 Å². The van der Waals surface area contributed by atoms with E-state index in [4.69, 9.17) is 4.74 Å². The number of hydrogen-bond donors (Lipinski definition) is 1. The number of anilines is 1. The maximum Gasteiger partial charge on any atom is 0.420 e. The van der Waals surface area contributed by atoms with Crippen molar-refractivity contribution in [3.63, 3.8) is 0 Å². The van der Waals surface area contributed by atoms with E-state index in [0.717, 1.165) is 15.2 Å². The molecular weight excluding hydrogens is 364 g/mol. The molecule has 2 heterocycles. The SMILES string of the molecule is O=C1CCC(N2C(=O)Oc3ccc(Br)c4cccc2c34)C(=O)N1. The molecule has 2 aromatic rings. The molecule has 1 atom stereocenters. The lowest BCUT2D eigenvalue weighted by molar-refractivity contribution is -0.134. The van der Waals surface area contributed by atoms with Gasteiger partial charge in [-0.15, -0.1) is 0 Å². The highest BCUT2D eigenvalue weighted by Gasteiger charge is 2.39. The predicted octanol–water partition coefficient (Wildman–Crippen LogP) is 2.73. The summed E-state index contributed by atoms with van der Waals surface area (Å²) in [6.07, 6.45) is -0.136. The van der Waals surface area contributed by atoms with Gasteiger partial charge in [-0.1, -0.05) is 28.1 Å². The van der Waals surface area contributed by atoms with Gasteiger partial charge in [0.25, 0.3) is 0 Å². The van der Waals surface area contributed by atoms with Crippen LogP contribution in [-0.2, 0) is 9.59 Å². The van der Waals surface area contributed by atoms with Crippen LogP contribution in [0.25, 0.3) is 10.8 Å². The number of benzene rings is 2. The Morgan fingerprint density at radius 2 is 2.00 bits per heavy atom. The minimum Gasteiger partial charge on any atom is -0.409 e. The molecule has 23 heavy (non-hydrogen) atoms. The maximum atomic E-state index is 12.4. The Morgan fingerprint density at radius 1 is 1.17 bits per heavy atom. The van der Waals surface area contributed by atoms with Gasteiger partial charge in [0.05, 0.1) is 5.69 Å². The second-order valence-electron chi connectivity index (χ2n) is 5.45. The Morgan fingerprint density at radius 3 is 2.78 bits per heavy atom. The number of ether oxygens (including phenoxy) is 1. The molecule has 0 spiro atoms. The minimum absolute atomic E-state index is 0.196. The molecule has 6 nitrogen and oxygen atoms in total. The van der Waals surface area contributed by atoms with Gasteiger partial charge < -0.3 is 4.74 Å². The standard InChI is InChI=1S/C16H11BrN2O4/c17-9-4-6-12-14-8(9)2-1-3-10(14)19(16(22)23-12)11-5-7-13(20)18-15(11)21/h1-4,6,11H,5,7H2,(H,18,20,21). The van der Waals surface area contributed by atoms with Gasteiger partial charge in [0.2, 0.25) is 11.8 Å². The monoisotopic (exact) mass is 374 g/mol. The topological polar surface area (TPSA) is 75.7 Å². The third-order valence-electron chi connectivity index (χ3n) is 4.10. The van der Waals surface area contributed by atoms with Crippen molar-refractivity contribution in [2.75, 3.05) is 4.90 Å². The Labute approximate surface area is 139 Å². The van der Waals surface area contributed by atoms with Crippen molar-refractivity contribution in [3.8, 4) is 5.75 Å². The van der Waals surface area contributed by atoms with E-state index < -0.39 is 18.0 Å². The summed E-state index contributed by atoms with van der Waals surface area (Å²) < 4.78 is 6.28. The molecule has 0 radical (unpaired) electrons. The largest absolute Gasteiger partial charge is 0.420 e. The zero-order valence-corrected chi connectivity index (χ0v) is 13.4. The Balaban J connectivity index is 1.90. The zero-order valence-electron chi connectivity index (χ0n) is 11.8. The zero-order chi connectivity index (χ0) is 16.1. The fraction of sp³-hybridized carbons (Fsp3) is 0.188. The van der Waals surface area contributed by atoms with Crippen molar-refractivity contribution in [2.24, 2.45) is 0 Å². The van der Waals surface area contributed by atoms with Gasteiger partial charge in [-0.05, 0) is 24.6 Å². The van der Waals surface area contributed by atoms with Crippen LogP contribution in [0.5, 0.6) is 5.75 Å². The lowest BCUT2D eigenvalue weighted by atomic mass is 10.0. The average molecular weight is 375 g/mol. The van der Waals surface area contributed by atoms with Gasteiger partial charge in [0, 0.05) is 21.7 Å². The molecule has 2 aliphatic heterocycles. The molecule has 0 aromatic heterocycles. The van der Waals surface area contributed by atoms with Gasteiger partial charge in [-0.2, -0.15) is 0 Å². The highest BCUT2D eigenvalue weighted by molar-refractivity contribution is 9.10. The summed E-state index contributed by atoms with van der Waals surface area (Å²) in [6.45, 7) is 0. The third kappa shape index (κ3) is 2.11. The molecule has 7 heteroatoms. The van der Waals surface area contributed by atoms with E-state index in [2.05, 4.69) is 21.2 Å². The van der Waals surface area contributed by atoms with Crippen molar-refractivity contribution < 1.29 is 19.1 Å². The Kier molecular flexibility index (Phi) is 3.12. The second-order valence-corrected chi connectivity index (χ2v) is 6.30. The Bertz CT molecular complexity index is 880. The van der Waals surface area contributed by atoms with Crippen LogP contribution in [0.15, 0.2) is 34.8 Å². The summed E-state index contributed by atoms with van der Waals surface area (Å²) in [4.78, 5) is 37.3. The molecule has 0 aliphatic carbocycles. The summed E-state index contributed by atoms with van der Waals surface area (Å²) in [5.41, 5.74) is 0.615. The summed E-state index contributed by atoms with van der Waals surface area (Å²) in [6, 6.07) is 8.30. The molecule has 0 saturated carbocycles. The number of piperidine rings is 1. The van der Waals surface area contributed by atoms with Gasteiger partial charge in [0.1, 0.15) is 11.8 Å². The normalized spacial score (nSPS) is 20.5. The lowest BCUT2D eigenvalue weighted by Crippen LogP contribution is -2.56. The quantitative estimate of drug-likeness (QED) is 0.778. The van der Waals surface area contributed by atoms with Crippen LogP contribution in [0.1, 0.15) is 12.8 Å². The van der Waals surface area contributed by atoms with E-state index in [9.17, 15) is 14.4 Å². The van der Waals surface area contributed by atoms with Crippen LogP contribution in [0.2, 0.25) is 0 Å². The molecule has 1 N–H and O–H groups in total. The third-order valence-corrected chi connectivity index (χ3v) is 4.79. The van der Waals surface area contributed by atoms with E-state index in [1.54, 1.807) is 12.1 Å². The number of amides is 3.